The SMILES string of the molecule is O=C(NC1COCCN(CCc2c(F)cccc2F)C1)C1CCC2NNC(c3ccncc3)C2C1. The van der Waals surface area contributed by atoms with Gasteiger partial charge in [0.1, 0.15) is 11.6 Å². The zero-order chi connectivity index (χ0) is 24.2. The highest BCUT2D eigenvalue weighted by Gasteiger charge is 2.43. The monoisotopic (exact) mass is 485 g/mol. The van der Waals surface area contributed by atoms with Crippen LogP contribution in [0.3, 0.4) is 0 Å². The molecule has 5 unspecified atom stereocenters. The molecular formula is C26H33F2N5O2. The zero-order valence-corrected chi connectivity index (χ0v) is 19.8. The second kappa shape index (κ2) is 11.1. The molecule has 0 spiro atoms. The van der Waals surface area contributed by atoms with Crippen LogP contribution in [0.15, 0.2) is 42.7 Å². The van der Waals surface area contributed by atoms with Crippen molar-refractivity contribution in [2.45, 2.75) is 43.8 Å². The van der Waals surface area contributed by atoms with E-state index in [1.54, 1.807) is 12.4 Å². The van der Waals surface area contributed by atoms with E-state index in [1.807, 2.05) is 12.1 Å². The van der Waals surface area contributed by atoms with E-state index < -0.39 is 11.6 Å². The Bertz CT molecular complexity index is 990. The fourth-order valence-electron chi connectivity index (χ4n) is 5.72. The van der Waals surface area contributed by atoms with Gasteiger partial charge in [-0.05, 0) is 61.4 Å². The molecule has 7 nitrogen and oxygen atoms in total. The summed E-state index contributed by atoms with van der Waals surface area (Å²) in [6.45, 7) is 2.75. The Hall–Kier alpha value is -2.46. The molecule has 3 aliphatic rings. The highest BCUT2D eigenvalue weighted by atomic mass is 19.1. The number of halogens is 2. The number of carbonyl (C=O) groups is 1. The number of aromatic nitrogens is 1. The number of benzene rings is 1. The molecule has 0 bridgehead atoms. The van der Waals surface area contributed by atoms with E-state index in [2.05, 4.69) is 26.1 Å². The van der Waals surface area contributed by atoms with Crippen LogP contribution < -0.4 is 16.2 Å². The smallest absolute Gasteiger partial charge is 0.223 e. The summed E-state index contributed by atoms with van der Waals surface area (Å²) >= 11 is 0. The molecule has 188 valence electrons. The van der Waals surface area contributed by atoms with Crippen molar-refractivity contribution < 1.29 is 18.3 Å². The minimum atomic E-state index is -0.516. The van der Waals surface area contributed by atoms with Crippen LogP contribution >= 0.6 is 0 Å². The van der Waals surface area contributed by atoms with Crippen LogP contribution in [0.4, 0.5) is 8.78 Å². The number of hydrazine groups is 1. The molecule has 1 aromatic carbocycles. The van der Waals surface area contributed by atoms with Gasteiger partial charge in [-0.25, -0.2) is 14.2 Å². The molecule has 1 aliphatic carbocycles. The Balaban J connectivity index is 1.16. The van der Waals surface area contributed by atoms with Crippen molar-refractivity contribution in [2.24, 2.45) is 11.8 Å². The van der Waals surface area contributed by atoms with Crippen molar-refractivity contribution >= 4 is 5.91 Å². The molecule has 3 N–H and O–H groups in total. The van der Waals surface area contributed by atoms with Gasteiger partial charge >= 0.3 is 0 Å². The standard InChI is InChI=1S/C26H33F2N5O2/c27-22-2-1-3-23(28)20(22)8-11-33-12-13-35-16-19(15-33)30-26(34)18-4-5-24-21(14-18)25(32-31-24)17-6-9-29-10-7-17/h1-3,6-7,9-10,18-19,21,24-25,31-32H,4-5,8,11-16H2,(H,30,34). The van der Waals surface area contributed by atoms with Gasteiger partial charge in [0.25, 0.3) is 0 Å². The first-order valence-corrected chi connectivity index (χ1v) is 12.5. The first-order valence-electron chi connectivity index (χ1n) is 12.5. The van der Waals surface area contributed by atoms with Crippen LogP contribution in [0.25, 0.3) is 0 Å². The van der Waals surface area contributed by atoms with Crippen molar-refractivity contribution in [1.29, 1.82) is 0 Å². The van der Waals surface area contributed by atoms with Crippen LogP contribution in [-0.2, 0) is 16.0 Å². The number of rotatable bonds is 6. The van der Waals surface area contributed by atoms with E-state index in [0.717, 1.165) is 19.3 Å². The molecule has 3 fully saturated rings. The topological polar surface area (TPSA) is 78.5 Å². The number of ether oxygens (including phenoxy) is 1. The fourth-order valence-corrected chi connectivity index (χ4v) is 5.72. The van der Waals surface area contributed by atoms with Gasteiger partial charge in [0.15, 0.2) is 0 Å². The summed E-state index contributed by atoms with van der Waals surface area (Å²) in [6, 6.07) is 8.37. The average molecular weight is 486 g/mol. The van der Waals surface area contributed by atoms with Crippen molar-refractivity contribution in [3.63, 3.8) is 0 Å². The lowest BCUT2D eigenvalue weighted by molar-refractivity contribution is -0.127. The molecule has 1 aromatic heterocycles. The second-order valence-electron chi connectivity index (χ2n) is 9.86. The van der Waals surface area contributed by atoms with Gasteiger partial charge in [0.2, 0.25) is 5.91 Å². The predicted octanol–water partition coefficient (Wildman–Crippen LogP) is 2.35. The highest BCUT2D eigenvalue weighted by molar-refractivity contribution is 5.79. The summed E-state index contributed by atoms with van der Waals surface area (Å²) in [7, 11) is 0. The Kier molecular flexibility index (Phi) is 7.67. The number of amides is 1. The number of nitrogens with one attached hydrogen (secondary N) is 3. The van der Waals surface area contributed by atoms with Crippen LogP contribution in [0.2, 0.25) is 0 Å². The molecule has 2 aromatic rings. The third-order valence-corrected chi connectivity index (χ3v) is 7.62. The third kappa shape index (κ3) is 5.69. The van der Waals surface area contributed by atoms with Crippen LogP contribution in [0.5, 0.6) is 0 Å². The fraction of sp³-hybridized carbons (Fsp3) is 0.538. The lowest BCUT2D eigenvalue weighted by Crippen LogP contribution is -2.48. The highest BCUT2D eigenvalue weighted by Crippen LogP contribution is 2.40. The van der Waals surface area contributed by atoms with Gasteiger partial charge in [-0.1, -0.05) is 6.07 Å². The van der Waals surface area contributed by atoms with Gasteiger partial charge < -0.3 is 10.1 Å². The quantitative estimate of drug-likeness (QED) is 0.583. The molecule has 5 rings (SSSR count). The van der Waals surface area contributed by atoms with E-state index in [9.17, 15) is 13.6 Å². The van der Waals surface area contributed by atoms with Crippen molar-refractivity contribution in [3.8, 4) is 0 Å². The third-order valence-electron chi connectivity index (χ3n) is 7.62. The van der Waals surface area contributed by atoms with E-state index in [4.69, 9.17) is 4.74 Å². The zero-order valence-electron chi connectivity index (χ0n) is 19.8. The van der Waals surface area contributed by atoms with Gasteiger partial charge in [-0.3, -0.25) is 20.1 Å². The second-order valence-corrected chi connectivity index (χ2v) is 9.86. The molecule has 0 radical (unpaired) electrons. The molecule has 9 heteroatoms. The predicted molar refractivity (Wildman–Crippen MR) is 127 cm³/mol. The van der Waals surface area contributed by atoms with Gasteiger partial charge in [0, 0.05) is 49.6 Å². The number of hydrogen-bond donors (Lipinski definition) is 3. The first-order chi connectivity index (χ1) is 17.1. The van der Waals surface area contributed by atoms with Crippen LogP contribution in [-0.4, -0.2) is 60.7 Å². The van der Waals surface area contributed by atoms with E-state index in [1.165, 1.54) is 23.8 Å². The van der Waals surface area contributed by atoms with Crippen molar-refractivity contribution in [1.82, 2.24) is 26.1 Å². The lowest BCUT2D eigenvalue weighted by Gasteiger charge is -2.33. The van der Waals surface area contributed by atoms with E-state index in [-0.39, 0.29) is 35.9 Å². The van der Waals surface area contributed by atoms with E-state index >= 15 is 0 Å². The lowest BCUT2D eigenvalue weighted by atomic mass is 9.74. The molecule has 2 aliphatic heterocycles. The Morgan fingerprint density at radius 1 is 1.14 bits per heavy atom. The van der Waals surface area contributed by atoms with E-state index in [0.29, 0.717) is 44.8 Å². The number of pyridine rings is 1. The molecule has 2 saturated heterocycles. The number of hydrogen-bond acceptors (Lipinski definition) is 6. The maximum atomic E-state index is 14.0. The molecule has 3 heterocycles. The normalized spacial score (nSPS) is 29.4. The Morgan fingerprint density at radius 2 is 1.94 bits per heavy atom. The maximum Gasteiger partial charge on any atom is 0.223 e. The van der Waals surface area contributed by atoms with Crippen LogP contribution in [0.1, 0.15) is 36.4 Å². The summed E-state index contributed by atoms with van der Waals surface area (Å²) in [4.78, 5) is 19.5. The van der Waals surface area contributed by atoms with Crippen molar-refractivity contribution in [3.05, 3.63) is 65.5 Å². The van der Waals surface area contributed by atoms with Gasteiger partial charge in [-0.2, -0.15) is 0 Å². The largest absolute Gasteiger partial charge is 0.378 e. The summed E-state index contributed by atoms with van der Waals surface area (Å²) < 4.78 is 33.8. The van der Waals surface area contributed by atoms with Gasteiger partial charge in [0.05, 0.1) is 25.3 Å². The maximum absolute atomic E-state index is 14.0. The summed E-state index contributed by atoms with van der Waals surface area (Å²) in [5.74, 6) is -0.680. The molecule has 35 heavy (non-hydrogen) atoms. The average Bonchev–Trinajstić information content (AvgIpc) is 3.17. The first kappa shape index (κ1) is 24.2. The number of fused-ring (bicyclic) bond motifs is 1. The Morgan fingerprint density at radius 3 is 2.74 bits per heavy atom. The molecule has 1 amide bonds. The minimum Gasteiger partial charge on any atom is -0.378 e. The summed E-state index contributed by atoms with van der Waals surface area (Å²) in [6.07, 6.45) is 6.48. The molecular weight excluding hydrogens is 452 g/mol. The van der Waals surface area contributed by atoms with Crippen molar-refractivity contribution in [2.75, 3.05) is 32.8 Å². The summed E-state index contributed by atoms with van der Waals surface area (Å²) in [5, 5.41) is 3.21. The number of carbonyl (C=O) groups excluding carboxylic acids is 1. The van der Waals surface area contributed by atoms with Crippen LogP contribution in [0, 0.1) is 23.5 Å². The molecule has 5 atom stereocenters. The molecule has 1 saturated carbocycles. The number of nitrogens with zero attached hydrogens (tertiary/aromatic N) is 2. The Labute approximate surface area is 204 Å². The van der Waals surface area contributed by atoms with Gasteiger partial charge in [-0.15, -0.1) is 0 Å². The summed E-state index contributed by atoms with van der Waals surface area (Å²) in [5.41, 5.74) is 8.12. The minimum absolute atomic E-state index is 0.0495.